The molecule has 1 amide bonds. The van der Waals surface area contributed by atoms with Gasteiger partial charge in [-0.15, -0.1) is 0 Å². The zero-order valence-corrected chi connectivity index (χ0v) is 10.7. The van der Waals surface area contributed by atoms with Crippen LogP contribution in [0.3, 0.4) is 0 Å². The van der Waals surface area contributed by atoms with Gasteiger partial charge < -0.3 is 15.6 Å². The summed E-state index contributed by atoms with van der Waals surface area (Å²) >= 11 is 4.95. The lowest BCUT2D eigenvalue weighted by Crippen LogP contribution is -2.42. The Hall–Kier alpha value is -1.69. The van der Waals surface area contributed by atoms with Crippen LogP contribution in [0.1, 0.15) is 23.2 Å². The molecule has 1 saturated heterocycles. The van der Waals surface area contributed by atoms with Gasteiger partial charge in [0.2, 0.25) is 0 Å². The van der Waals surface area contributed by atoms with Crippen molar-refractivity contribution in [3.8, 4) is 0 Å². The lowest BCUT2D eigenvalue weighted by molar-refractivity contribution is 0.0708. The lowest BCUT2D eigenvalue weighted by Gasteiger charge is -2.31. The van der Waals surface area contributed by atoms with Crippen molar-refractivity contribution in [3.63, 3.8) is 0 Å². The summed E-state index contributed by atoms with van der Waals surface area (Å²) < 4.78 is 0. The number of nitrogens with two attached hydrogens (primary N) is 1. The molecule has 1 aromatic rings. The number of carbonyl (C=O) groups excluding carboxylic acids is 1. The van der Waals surface area contributed by atoms with E-state index in [0.29, 0.717) is 18.1 Å². The summed E-state index contributed by atoms with van der Waals surface area (Å²) in [7, 11) is 0. The summed E-state index contributed by atoms with van der Waals surface area (Å²) in [5.41, 5.74) is 5.53. The molecule has 0 aliphatic carbocycles. The third kappa shape index (κ3) is 2.59. The molecule has 18 heavy (non-hydrogen) atoms. The van der Waals surface area contributed by atoms with Gasteiger partial charge in [-0.25, -0.2) is 0 Å². The van der Waals surface area contributed by atoms with Gasteiger partial charge in [0.15, 0.2) is 5.43 Å². The molecule has 0 unspecified atom stereocenters. The van der Waals surface area contributed by atoms with Gasteiger partial charge in [0.25, 0.3) is 5.91 Å². The van der Waals surface area contributed by atoms with E-state index in [1.807, 2.05) is 0 Å². The number of nitrogens with zero attached hydrogens (tertiary/aromatic N) is 1. The summed E-state index contributed by atoms with van der Waals surface area (Å²) in [6, 6.07) is 1.36. The Balaban J connectivity index is 2.07. The minimum atomic E-state index is -0.254. The van der Waals surface area contributed by atoms with E-state index >= 15 is 0 Å². The molecular formula is C12H15N3O2S. The first-order chi connectivity index (χ1) is 8.59. The van der Waals surface area contributed by atoms with Crippen molar-refractivity contribution in [2.45, 2.75) is 12.8 Å². The first-order valence-corrected chi connectivity index (χ1v) is 6.26. The fourth-order valence-corrected chi connectivity index (χ4v) is 2.36. The number of pyridine rings is 1. The lowest BCUT2D eigenvalue weighted by atomic mass is 9.96. The van der Waals surface area contributed by atoms with Crippen molar-refractivity contribution in [1.29, 1.82) is 0 Å². The average Bonchev–Trinajstić information content (AvgIpc) is 2.38. The maximum atomic E-state index is 12.1. The van der Waals surface area contributed by atoms with E-state index in [2.05, 4.69) is 4.98 Å². The topological polar surface area (TPSA) is 79.2 Å². The number of amides is 1. The first kappa shape index (κ1) is 12.8. The van der Waals surface area contributed by atoms with Crippen molar-refractivity contribution >= 4 is 23.1 Å². The third-order valence-corrected chi connectivity index (χ3v) is 3.57. The highest BCUT2D eigenvalue weighted by molar-refractivity contribution is 7.80. The Bertz CT molecular complexity index is 518. The monoisotopic (exact) mass is 265 g/mol. The molecule has 1 aromatic heterocycles. The van der Waals surface area contributed by atoms with Crippen LogP contribution in [0.4, 0.5) is 0 Å². The maximum Gasteiger partial charge on any atom is 0.259 e. The molecule has 0 bridgehead atoms. The highest BCUT2D eigenvalue weighted by Crippen LogP contribution is 2.18. The second kappa shape index (κ2) is 5.30. The molecule has 3 N–H and O–H groups in total. The number of thiocarbonyl (C=S) groups is 1. The minimum Gasteiger partial charge on any atom is -0.393 e. The fraction of sp³-hybridized carbons (Fsp3) is 0.417. The van der Waals surface area contributed by atoms with Crippen LogP contribution in [0.2, 0.25) is 0 Å². The van der Waals surface area contributed by atoms with Gasteiger partial charge in [0, 0.05) is 37.5 Å². The predicted molar refractivity (Wildman–Crippen MR) is 72.5 cm³/mol. The average molecular weight is 265 g/mol. The Labute approximate surface area is 110 Å². The molecule has 2 rings (SSSR count). The van der Waals surface area contributed by atoms with Gasteiger partial charge in [-0.1, -0.05) is 12.2 Å². The van der Waals surface area contributed by atoms with Gasteiger partial charge in [-0.05, 0) is 12.8 Å². The zero-order chi connectivity index (χ0) is 13.1. The van der Waals surface area contributed by atoms with E-state index in [1.54, 1.807) is 4.90 Å². The molecule has 6 heteroatoms. The maximum absolute atomic E-state index is 12.1. The van der Waals surface area contributed by atoms with Crippen LogP contribution in [0.5, 0.6) is 0 Å². The van der Waals surface area contributed by atoms with Crippen molar-refractivity contribution in [3.05, 3.63) is 34.2 Å². The third-order valence-electron chi connectivity index (χ3n) is 3.24. The van der Waals surface area contributed by atoms with Crippen molar-refractivity contribution in [2.24, 2.45) is 11.7 Å². The van der Waals surface area contributed by atoms with Crippen LogP contribution in [0, 0.1) is 5.92 Å². The van der Waals surface area contributed by atoms with Crippen LogP contribution < -0.4 is 11.2 Å². The minimum absolute atomic E-state index is 0.186. The molecule has 0 aromatic carbocycles. The van der Waals surface area contributed by atoms with E-state index in [0.717, 1.165) is 12.8 Å². The number of hydrogen-bond donors (Lipinski definition) is 2. The van der Waals surface area contributed by atoms with Crippen LogP contribution in [-0.2, 0) is 0 Å². The number of likely N-dealkylation sites (tertiary alicyclic amines) is 1. The Kier molecular flexibility index (Phi) is 3.76. The second-order valence-electron chi connectivity index (χ2n) is 4.39. The first-order valence-electron chi connectivity index (χ1n) is 5.85. The summed E-state index contributed by atoms with van der Waals surface area (Å²) in [5, 5.41) is 0. The normalized spacial score (nSPS) is 16.6. The van der Waals surface area contributed by atoms with Gasteiger partial charge in [-0.3, -0.25) is 9.59 Å². The quantitative estimate of drug-likeness (QED) is 0.764. The molecule has 0 radical (unpaired) electrons. The highest BCUT2D eigenvalue weighted by Gasteiger charge is 2.25. The van der Waals surface area contributed by atoms with Crippen LogP contribution >= 0.6 is 12.2 Å². The molecule has 1 aliphatic rings. The highest BCUT2D eigenvalue weighted by atomic mass is 32.1. The number of nitrogens with one attached hydrogen (secondary N) is 1. The molecule has 96 valence electrons. The molecule has 1 aliphatic heterocycles. The molecular weight excluding hydrogens is 250 g/mol. The van der Waals surface area contributed by atoms with Gasteiger partial charge in [0.05, 0.1) is 4.99 Å². The Morgan fingerprint density at radius 3 is 2.67 bits per heavy atom. The van der Waals surface area contributed by atoms with Gasteiger partial charge >= 0.3 is 0 Å². The number of H-pyrrole nitrogens is 1. The molecule has 0 saturated carbocycles. The molecule has 0 spiro atoms. The number of hydrogen-bond acceptors (Lipinski definition) is 3. The summed E-state index contributed by atoms with van der Waals surface area (Å²) in [6.45, 7) is 1.18. The van der Waals surface area contributed by atoms with E-state index in [-0.39, 0.29) is 22.8 Å². The van der Waals surface area contributed by atoms with E-state index in [1.165, 1.54) is 18.5 Å². The van der Waals surface area contributed by atoms with Gasteiger partial charge in [0.1, 0.15) is 5.56 Å². The fourth-order valence-electron chi connectivity index (χ4n) is 2.12. The largest absolute Gasteiger partial charge is 0.393 e. The summed E-state index contributed by atoms with van der Waals surface area (Å²) in [5.74, 6) is -0.0173. The Morgan fingerprint density at radius 2 is 2.11 bits per heavy atom. The SMILES string of the molecule is NC(=S)C1CCN(C(=O)c2c[nH]ccc2=O)CC1. The summed E-state index contributed by atoms with van der Waals surface area (Å²) in [6.07, 6.45) is 4.50. The van der Waals surface area contributed by atoms with Crippen LogP contribution in [0.25, 0.3) is 0 Å². The molecule has 0 atom stereocenters. The van der Waals surface area contributed by atoms with Crippen LogP contribution in [-0.4, -0.2) is 33.9 Å². The zero-order valence-electron chi connectivity index (χ0n) is 9.89. The number of piperidine rings is 1. The van der Waals surface area contributed by atoms with Gasteiger partial charge in [-0.2, -0.15) is 0 Å². The summed E-state index contributed by atoms with van der Waals surface area (Å²) in [4.78, 5) is 28.7. The van der Waals surface area contributed by atoms with Crippen molar-refractivity contribution in [2.75, 3.05) is 13.1 Å². The number of aromatic amines is 1. The number of rotatable bonds is 2. The van der Waals surface area contributed by atoms with E-state index in [9.17, 15) is 9.59 Å². The van der Waals surface area contributed by atoms with Crippen molar-refractivity contribution in [1.82, 2.24) is 9.88 Å². The van der Waals surface area contributed by atoms with E-state index < -0.39 is 0 Å². The molecule has 2 heterocycles. The molecule has 1 fully saturated rings. The standard InChI is InChI=1S/C12H15N3O2S/c13-11(18)8-2-5-15(6-3-8)12(17)9-7-14-4-1-10(9)16/h1,4,7-8H,2-3,5-6H2,(H2,13,18)(H,14,16). The van der Waals surface area contributed by atoms with Crippen LogP contribution in [0.15, 0.2) is 23.3 Å². The smallest absolute Gasteiger partial charge is 0.259 e. The Morgan fingerprint density at radius 1 is 1.44 bits per heavy atom. The number of aromatic nitrogens is 1. The number of carbonyl (C=O) groups is 1. The van der Waals surface area contributed by atoms with Crippen molar-refractivity contribution < 1.29 is 4.79 Å². The molecule has 5 nitrogen and oxygen atoms in total. The second-order valence-corrected chi connectivity index (χ2v) is 4.86. The predicted octanol–water partition coefficient (Wildman–Crippen LogP) is 0.513. The van der Waals surface area contributed by atoms with E-state index in [4.69, 9.17) is 18.0 Å².